The van der Waals surface area contributed by atoms with E-state index in [4.69, 9.17) is 9.47 Å². The van der Waals surface area contributed by atoms with Crippen LogP contribution in [0.4, 0.5) is 0 Å². The minimum Gasteiger partial charge on any atom is -0.349 e. The van der Waals surface area contributed by atoms with E-state index in [9.17, 15) is 9.59 Å². The van der Waals surface area contributed by atoms with Crippen molar-refractivity contribution >= 4 is 11.6 Å². The third-order valence-corrected chi connectivity index (χ3v) is 11.1. The zero-order chi connectivity index (χ0) is 21.8. The van der Waals surface area contributed by atoms with Crippen molar-refractivity contribution in [1.29, 1.82) is 0 Å². The van der Waals surface area contributed by atoms with Gasteiger partial charge < -0.3 is 9.47 Å². The third-order valence-electron chi connectivity index (χ3n) is 11.1. The summed E-state index contributed by atoms with van der Waals surface area (Å²) in [6.07, 6.45) is 9.73. The highest BCUT2D eigenvalue weighted by atomic mass is 16.7. The van der Waals surface area contributed by atoms with E-state index in [-0.39, 0.29) is 34.3 Å². The molecule has 6 aliphatic rings. The van der Waals surface area contributed by atoms with Gasteiger partial charge in [0.2, 0.25) is 0 Å². The SMILES string of the molecule is C[C@@H]1CC[C@@]2(OC1)O[C@@H]1C[C@@H]3[C@H]4CC(=O)C5=CC(=O)CC[C@]5(C)[C@@H]4CC[C@]3(C)[C@@H]1[C@H]2C. The molecule has 3 saturated carbocycles. The number of fused-ring (bicyclic) bond motifs is 7. The summed E-state index contributed by atoms with van der Waals surface area (Å²) in [5.74, 6) is 3.08. The zero-order valence-corrected chi connectivity index (χ0v) is 19.6. The number of carbonyl (C=O) groups excluding carboxylic acids is 2. The minimum absolute atomic E-state index is 0.108. The van der Waals surface area contributed by atoms with Gasteiger partial charge in [-0.1, -0.05) is 27.7 Å². The third kappa shape index (κ3) is 2.61. The lowest BCUT2D eigenvalue weighted by molar-refractivity contribution is -0.272. The normalized spacial score (nSPS) is 56.0. The summed E-state index contributed by atoms with van der Waals surface area (Å²) in [5.41, 5.74) is 0.965. The Kier molecular flexibility index (Phi) is 4.34. The van der Waals surface area contributed by atoms with Gasteiger partial charge in [0, 0.05) is 30.8 Å². The largest absolute Gasteiger partial charge is 0.349 e. The molecule has 1 spiro atoms. The Morgan fingerprint density at radius 3 is 2.58 bits per heavy atom. The van der Waals surface area contributed by atoms with Gasteiger partial charge in [-0.3, -0.25) is 9.59 Å². The van der Waals surface area contributed by atoms with Crippen LogP contribution in [0.3, 0.4) is 0 Å². The van der Waals surface area contributed by atoms with Gasteiger partial charge in [-0.15, -0.1) is 0 Å². The van der Waals surface area contributed by atoms with E-state index in [0.717, 1.165) is 31.4 Å². The average Bonchev–Trinajstić information content (AvgIpc) is 3.17. The number of ketones is 2. The van der Waals surface area contributed by atoms with Crippen LogP contribution in [0, 0.1) is 46.3 Å². The number of ether oxygens (including phenoxy) is 2. The number of Topliss-reactive ketones (excluding diaryl/α,β-unsaturated/α-hetero) is 1. The van der Waals surface area contributed by atoms with Crippen molar-refractivity contribution in [3.05, 3.63) is 11.6 Å². The molecular weight excluding hydrogens is 388 g/mol. The van der Waals surface area contributed by atoms with E-state index in [2.05, 4.69) is 27.7 Å². The molecule has 2 saturated heterocycles. The summed E-state index contributed by atoms with van der Waals surface area (Å²) >= 11 is 0. The van der Waals surface area contributed by atoms with Crippen LogP contribution in [0.15, 0.2) is 11.6 Å². The molecule has 5 fully saturated rings. The molecule has 4 aliphatic carbocycles. The van der Waals surface area contributed by atoms with Crippen molar-refractivity contribution < 1.29 is 19.1 Å². The molecule has 4 heteroatoms. The summed E-state index contributed by atoms with van der Waals surface area (Å²) in [6.45, 7) is 10.2. The first-order valence-electron chi connectivity index (χ1n) is 12.8. The van der Waals surface area contributed by atoms with Gasteiger partial charge in [0.15, 0.2) is 17.4 Å². The lowest BCUT2D eigenvalue weighted by Gasteiger charge is -2.58. The molecule has 0 N–H and O–H groups in total. The Labute approximate surface area is 186 Å². The summed E-state index contributed by atoms with van der Waals surface area (Å²) in [7, 11) is 0. The Morgan fingerprint density at radius 1 is 1.03 bits per heavy atom. The lowest BCUT2D eigenvalue weighted by atomic mass is 9.46. The van der Waals surface area contributed by atoms with Gasteiger partial charge in [0.1, 0.15) is 0 Å². The number of allylic oxidation sites excluding steroid dienone is 1. The Bertz CT molecular complexity index is 851. The number of rotatable bonds is 0. The van der Waals surface area contributed by atoms with Crippen molar-refractivity contribution in [2.75, 3.05) is 6.61 Å². The minimum atomic E-state index is -0.374. The summed E-state index contributed by atoms with van der Waals surface area (Å²) in [6, 6.07) is 0. The molecule has 31 heavy (non-hydrogen) atoms. The monoisotopic (exact) mass is 426 g/mol. The number of carbonyl (C=O) groups is 2. The second-order valence-electron chi connectivity index (χ2n) is 12.5. The van der Waals surface area contributed by atoms with Gasteiger partial charge in [0.25, 0.3) is 0 Å². The fraction of sp³-hybridized carbons (Fsp3) is 0.852. The van der Waals surface area contributed by atoms with Crippen LogP contribution >= 0.6 is 0 Å². The van der Waals surface area contributed by atoms with Crippen LogP contribution in [-0.2, 0) is 19.1 Å². The first-order valence-corrected chi connectivity index (χ1v) is 12.8. The van der Waals surface area contributed by atoms with Crippen LogP contribution in [0.1, 0.15) is 79.1 Å². The second kappa shape index (κ2) is 6.53. The van der Waals surface area contributed by atoms with Crippen molar-refractivity contribution in [3.63, 3.8) is 0 Å². The van der Waals surface area contributed by atoms with Gasteiger partial charge in [-0.25, -0.2) is 0 Å². The highest BCUT2D eigenvalue weighted by Gasteiger charge is 2.69. The van der Waals surface area contributed by atoms with Crippen LogP contribution < -0.4 is 0 Å². The van der Waals surface area contributed by atoms with Crippen LogP contribution in [0.2, 0.25) is 0 Å². The fourth-order valence-corrected chi connectivity index (χ4v) is 9.40. The first-order chi connectivity index (χ1) is 14.7. The van der Waals surface area contributed by atoms with E-state index in [1.54, 1.807) is 6.08 Å². The lowest BCUT2D eigenvalue weighted by Crippen LogP contribution is -2.54. The molecule has 6 rings (SSSR count). The maximum atomic E-state index is 13.2. The zero-order valence-electron chi connectivity index (χ0n) is 19.6. The Hall–Kier alpha value is -1.00. The highest BCUT2D eigenvalue weighted by Crippen LogP contribution is 2.70. The summed E-state index contributed by atoms with van der Waals surface area (Å²) in [5, 5.41) is 0. The maximum absolute atomic E-state index is 13.2. The molecule has 0 aromatic carbocycles. The summed E-state index contributed by atoms with van der Waals surface area (Å²) in [4.78, 5) is 25.3. The summed E-state index contributed by atoms with van der Waals surface area (Å²) < 4.78 is 13.2. The Balaban J connectivity index is 1.31. The molecule has 0 unspecified atom stereocenters. The van der Waals surface area contributed by atoms with Crippen molar-refractivity contribution in [2.24, 2.45) is 46.3 Å². The molecule has 0 aromatic rings. The number of hydrogen-bond acceptors (Lipinski definition) is 4. The molecule has 2 heterocycles. The molecule has 0 amide bonds. The van der Waals surface area contributed by atoms with Gasteiger partial charge in [-0.05, 0) is 78.6 Å². The first kappa shape index (κ1) is 20.6. The molecular formula is C27H38O4. The standard InChI is InChI=1S/C27H38O4/c1-15-5-10-27(30-14-15)16(2)24-23(31-27)13-20-18-12-22(29)21-11-17(28)6-8-25(21,3)19(18)7-9-26(20,24)4/h11,15-16,18-20,23-24H,5-10,12-14H2,1-4H3/t15-,16-,18+,19-,20-,23-,24-,25-,26+,27-/m1/s1. The van der Waals surface area contributed by atoms with Crippen molar-refractivity contribution in [3.8, 4) is 0 Å². The van der Waals surface area contributed by atoms with Gasteiger partial charge >= 0.3 is 0 Å². The van der Waals surface area contributed by atoms with Crippen LogP contribution in [0.5, 0.6) is 0 Å². The quantitative estimate of drug-likeness (QED) is 0.541. The molecule has 4 nitrogen and oxygen atoms in total. The van der Waals surface area contributed by atoms with Crippen LogP contribution in [-0.4, -0.2) is 30.1 Å². The van der Waals surface area contributed by atoms with Crippen molar-refractivity contribution in [2.45, 2.75) is 91.0 Å². The van der Waals surface area contributed by atoms with E-state index < -0.39 is 0 Å². The average molecular weight is 427 g/mol. The van der Waals surface area contributed by atoms with E-state index in [1.807, 2.05) is 0 Å². The predicted octanol–water partition coefficient (Wildman–Crippen LogP) is 5.10. The molecule has 170 valence electrons. The second-order valence-corrected chi connectivity index (χ2v) is 12.5. The van der Waals surface area contributed by atoms with E-state index in [1.165, 1.54) is 19.3 Å². The molecule has 0 radical (unpaired) electrons. The fourth-order valence-electron chi connectivity index (χ4n) is 9.40. The van der Waals surface area contributed by atoms with Gasteiger partial charge in [-0.2, -0.15) is 0 Å². The molecule has 2 aliphatic heterocycles. The van der Waals surface area contributed by atoms with Gasteiger partial charge in [0.05, 0.1) is 12.7 Å². The van der Waals surface area contributed by atoms with Crippen molar-refractivity contribution in [1.82, 2.24) is 0 Å². The van der Waals surface area contributed by atoms with Crippen LogP contribution in [0.25, 0.3) is 0 Å². The topological polar surface area (TPSA) is 52.6 Å². The number of hydrogen-bond donors (Lipinski definition) is 0. The van der Waals surface area contributed by atoms with E-state index in [0.29, 0.717) is 48.3 Å². The predicted molar refractivity (Wildman–Crippen MR) is 117 cm³/mol. The maximum Gasteiger partial charge on any atom is 0.171 e. The molecule has 0 bridgehead atoms. The smallest absolute Gasteiger partial charge is 0.171 e. The van der Waals surface area contributed by atoms with E-state index >= 15 is 0 Å². The molecule has 10 atom stereocenters. The molecule has 0 aromatic heterocycles. The Morgan fingerprint density at radius 2 is 1.84 bits per heavy atom. The highest BCUT2D eigenvalue weighted by molar-refractivity contribution is 6.05.